The van der Waals surface area contributed by atoms with E-state index >= 15 is 0 Å². The molecule has 12 nitrogen and oxygen atoms in total. The molecule has 0 unspecified atom stereocenters. The van der Waals surface area contributed by atoms with E-state index in [0.29, 0.717) is 0 Å². The predicted octanol–water partition coefficient (Wildman–Crippen LogP) is 26.6. The maximum absolute atomic E-state index is 5.99. The van der Waals surface area contributed by atoms with Gasteiger partial charge in [0.05, 0.1) is 90.7 Å². The molecule has 0 saturated carbocycles. The molecule has 0 aliphatic heterocycles. The SMILES string of the molecule is c1ccc(-c2cc(-c3ccccn3)nc(-c3ccc(-c4cc5ccccc5c5ccccc45)cn3)c2)cc1.c1ccc(-c2cc(-c3ccccn3)nc(-c3ccc(-c4ccc5ccc6ccc(-c7ccccc7)nc6c5n4)cn3)c2)cc1.c1ccc(-c2cc(-c3ccccn3)nc(-c3ccc(-c4ccc5oc6ccccc6c5c4)cn3)c2)cc1. The van der Waals surface area contributed by atoms with Gasteiger partial charge in [-0.25, -0.2) is 24.9 Å². The molecule has 119 heavy (non-hydrogen) atoms. The van der Waals surface area contributed by atoms with E-state index < -0.39 is 0 Å². The van der Waals surface area contributed by atoms with Crippen molar-refractivity contribution in [3.63, 3.8) is 0 Å². The lowest BCUT2D eigenvalue weighted by molar-refractivity contribution is 0.669. The topological polar surface area (TPSA) is 155 Å². The van der Waals surface area contributed by atoms with Gasteiger partial charge in [0.15, 0.2) is 0 Å². The second-order valence-electron chi connectivity index (χ2n) is 28.9. The molecule has 0 aliphatic rings. The number of benzene rings is 10. The van der Waals surface area contributed by atoms with Crippen molar-refractivity contribution in [2.45, 2.75) is 0 Å². The van der Waals surface area contributed by atoms with Crippen LogP contribution in [0.4, 0.5) is 0 Å². The van der Waals surface area contributed by atoms with Crippen molar-refractivity contribution in [1.29, 1.82) is 0 Å². The standard InChI is InChI=1S/C39H25N5.C35H23N3.C33H21N3O/c1-3-9-26(10-4-1)31-23-36(34-13-7-8-22-40-34)42-37(24-31)35-21-18-30(25-41-35)33-20-17-29-15-14-28-16-19-32(27-11-5-2-6-12-27)43-38(28)39(29)44-33;1-2-10-24(11-3-1)27-21-34(32-16-8-9-19-36-32)38-35(22-27)33-18-17-26(23-37-33)31-20-25-12-4-5-13-28(25)29-14-6-7-15-30(29)31;1-2-8-22(9-3-1)25-19-30(28-11-6-7-17-34-28)36-31(20-25)29-15-13-24(21-35-29)23-14-16-33-27(18-23)26-10-4-5-12-32(26)37-33/h1-25H;1-23H;1-21H. The summed E-state index contributed by atoms with van der Waals surface area (Å²) in [5.74, 6) is 0. The monoisotopic (exact) mass is 1520 g/mol. The van der Waals surface area contributed by atoms with Crippen molar-refractivity contribution in [2.75, 3.05) is 0 Å². The van der Waals surface area contributed by atoms with Gasteiger partial charge in [-0.2, -0.15) is 0 Å². The molecule has 10 aromatic carbocycles. The number of nitrogens with zero attached hydrogens (tertiary/aromatic N) is 11. The fourth-order valence-corrected chi connectivity index (χ4v) is 15.3. The molecule has 0 spiro atoms. The van der Waals surface area contributed by atoms with Crippen LogP contribution < -0.4 is 0 Å². The van der Waals surface area contributed by atoms with Crippen LogP contribution in [0.15, 0.2) is 424 Å². The van der Waals surface area contributed by atoms with Crippen LogP contribution in [0, 0.1) is 0 Å². The van der Waals surface area contributed by atoms with E-state index in [9.17, 15) is 0 Å². The average Bonchev–Trinajstić information content (AvgIpc) is 1.67. The fraction of sp³-hybridized carbons (Fsp3) is 0. The number of furan rings is 1. The molecule has 0 amide bonds. The van der Waals surface area contributed by atoms with Gasteiger partial charge in [0.25, 0.3) is 0 Å². The van der Waals surface area contributed by atoms with Crippen LogP contribution in [0.1, 0.15) is 0 Å². The second kappa shape index (κ2) is 32.3. The van der Waals surface area contributed by atoms with Crippen LogP contribution in [0.25, 0.3) is 212 Å². The van der Waals surface area contributed by atoms with Gasteiger partial charge in [0, 0.05) is 81.0 Å². The van der Waals surface area contributed by atoms with Crippen LogP contribution in [-0.2, 0) is 0 Å². The van der Waals surface area contributed by atoms with Gasteiger partial charge < -0.3 is 4.42 Å². The summed E-state index contributed by atoms with van der Waals surface area (Å²) in [4.78, 5) is 53.2. The van der Waals surface area contributed by atoms with E-state index in [4.69, 9.17) is 44.3 Å². The Balaban J connectivity index is 0.000000115. The van der Waals surface area contributed by atoms with Crippen molar-refractivity contribution in [3.8, 4) is 146 Å². The van der Waals surface area contributed by atoms with Crippen LogP contribution in [0.2, 0.25) is 0 Å². The molecule has 22 aromatic rings. The second-order valence-corrected chi connectivity index (χ2v) is 28.9. The van der Waals surface area contributed by atoms with Gasteiger partial charge in [0.2, 0.25) is 0 Å². The Hall–Kier alpha value is -16.3. The van der Waals surface area contributed by atoms with Gasteiger partial charge in [-0.15, -0.1) is 0 Å². The highest BCUT2D eigenvalue weighted by atomic mass is 16.3. The first-order valence-corrected chi connectivity index (χ1v) is 39.4. The lowest BCUT2D eigenvalue weighted by Gasteiger charge is -2.12. The van der Waals surface area contributed by atoms with E-state index in [1.54, 1.807) is 18.6 Å². The molecule has 12 aromatic heterocycles. The largest absolute Gasteiger partial charge is 0.456 e. The molecule has 558 valence electrons. The minimum atomic E-state index is 0.782. The van der Waals surface area contributed by atoms with Gasteiger partial charge in [-0.3, -0.25) is 29.9 Å². The number of para-hydroxylation sites is 1. The Labute approximate surface area is 686 Å². The summed E-state index contributed by atoms with van der Waals surface area (Å²) in [6.45, 7) is 0. The maximum Gasteiger partial charge on any atom is 0.135 e. The Morgan fingerprint density at radius 2 is 0.513 bits per heavy atom. The first-order chi connectivity index (χ1) is 58.9. The summed E-state index contributed by atoms with van der Waals surface area (Å²) in [7, 11) is 0. The number of aromatic nitrogens is 11. The summed E-state index contributed by atoms with van der Waals surface area (Å²) >= 11 is 0. The van der Waals surface area contributed by atoms with E-state index in [1.165, 1.54) is 27.1 Å². The summed E-state index contributed by atoms with van der Waals surface area (Å²) in [5, 5.41) is 9.30. The zero-order valence-corrected chi connectivity index (χ0v) is 64.2. The quantitative estimate of drug-likeness (QED) is 0.101. The van der Waals surface area contributed by atoms with Crippen molar-refractivity contribution in [3.05, 3.63) is 419 Å². The van der Waals surface area contributed by atoms with E-state index in [0.717, 1.165) is 185 Å². The highest BCUT2D eigenvalue weighted by Crippen LogP contribution is 2.40. The van der Waals surface area contributed by atoms with Gasteiger partial charge in [-0.1, -0.05) is 249 Å². The third-order valence-corrected chi connectivity index (χ3v) is 21.3. The Morgan fingerprint density at radius 1 is 0.160 bits per heavy atom. The van der Waals surface area contributed by atoms with E-state index in [1.807, 2.05) is 176 Å². The van der Waals surface area contributed by atoms with Crippen LogP contribution in [0.5, 0.6) is 0 Å². The Bertz CT molecular complexity index is 7240. The molecule has 0 radical (unpaired) electrons. The summed E-state index contributed by atoms with van der Waals surface area (Å²) in [6, 6.07) is 130. The lowest BCUT2D eigenvalue weighted by atomic mass is 9.94. The Morgan fingerprint density at radius 3 is 0.966 bits per heavy atom. The normalized spacial score (nSPS) is 11.2. The molecule has 0 atom stereocenters. The molecule has 0 bridgehead atoms. The number of hydrogen-bond donors (Lipinski definition) is 0. The summed E-state index contributed by atoms with van der Waals surface area (Å²) in [6.07, 6.45) is 11.1. The molecular weight excluding hydrogens is 1460 g/mol. The minimum Gasteiger partial charge on any atom is -0.456 e. The number of rotatable bonds is 13. The summed E-state index contributed by atoms with van der Waals surface area (Å²) < 4.78 is 5.99. The minimum absolute atomic E-state index is 0.782. The fourth-order valence-electron chi connectivity index (χ4n) is 15.3. The molecule has 0 saturated heterocycles. The first kappa shape index (κ1) is 71.7. The average molecular weight is 1520 g/mol. The van der Waals surface area contributed by atoms with Gasteiger partial charge >= 0.3 is 0 Å². The zero-order chi connectivity index (χ0) is 79.2. The molecule has 12 heterocycles. The highest BCUT2D eigenvalue weighted by molar-refractivity contribution is 6.14. The molecule has 0 aliphatic carbocycles. The third kappa shape index (κ3) is 15.1. The lowest BCUT2D eigenvalue weighted by Crippen LogP contribution is -1.95. The van der Waals surface area contributed by atoms with Crippen LogP contribution >= 0.6 is 0 Å². The van der Waals surface area contributed by atoms with Crippen molar-refractivity contribution < 1.29 is 4.42 Å². The third-order valence-electron chi connectivity index (χ3n) is 21.3. The van der Waals surface area contributed by atoms with Crippen LogP contribution in [-0.4, -0.2) is 54.8 Å². The summed E-state index contributed by atoms with van der Waals surface area (Å²) in [5.41, 5.74) is 28.1. The smallest absolute Gasteiger partial charge is 0.135 e. The molecule has 0 fully saturated rings. The van der Waals surface area contributed by atoms with E-state index in [-0.39, 0.29) is 0 Å². The molecule has 22 rings (SSSR count). The first-order valence-electron chi connectivity index (χ1n) is 39.4. The van der Waals surface area contributed by atoms with Gasteiger partial charge in [-0.05, 0) is 200 Å². The maximum atomic E-state index is 5.99. The van der Waals surface area contributed by atoms with Crippen LogP contribution in [0.3, 0.4) is 0 Å². The van der Waals surface area contributed by atoms with E-state index in [2.05, 4.69) is 239 Å². The predicted molar refractivity (Wildman–Crippen MR) is 483 cm³/mol. The highest BCUT2D eigenvalue weighted by Gasteiger charge is 2.19. The number of hydrogen-bond acceptors (Lipinski definition) is 12. The van der Waals surface area contributed by atoms with Crippen molar-refractivity contribution in [2.24, 2.45) is 0 Å². The Kier molecular flexibility index (Phi) is 19.5. The molecule has 12 heteroatoms. The molecular formula is C107H69N11O. The molecule has 0 N–H and O–H groups in total. The van der Waals surface area contributed by atoms with Gasteiger partial charge in [0.1, 0.15) is 11.2 Å². The zero-order valence-electron chi connectivity index (χ0n) is 64.2. The number of pyridine rings is 11. The number of fused-ring (bicyclic) bond motifs is 9. The van der Waals surface area contributed by atoms with Crippen molar-refractivity contribution in [1.82, 2.24) is 54.8 Å². The van der Waals surface area contributed by atoms with Crippen molar-refractivity contribution >= 4 is 65.3 Å².